The van der Waals surface area contributed by atoms with Gasteiger partial charge in [-0.2, -0.15) is 0 Å². The van der Waals surface area contributed by atoms with Crippen LogP contribution < -0.4 is 0 Å². The number of amides is 1. The van der Waals surface area contributed by atoms with E-state index in [1.54, 1.807) is 11.2 Å². The van der Waals surface area contributed by atoms with Gasteiger partial charge in [0.1, 0.15) is 6.33 Å². The molecule has 6 nitrogen and oxygen atoms in total. The molecule has 0 radical (unpaired) electrons. The van der Waals surface area contributed by atoms with Gasteiger partial charge in [0.25, 0.3) is 0 Å². The molecule has 1 heterocycles. The first-order chi connectivity index (χ1) is 9.29. The maximum atomic E-state index is 12.1. The van der Waals surface area contributed by atoms with E-state index in [1.807, 2.05) is 0 Å². The van der Waals surface area contributed by atoms with Crippen LogP contribution in [0.3, 0.4) is 0 Å². The van der Waals surface area contributed by atoms with Crippen LogP contribution in [0.4, 0.5) is 0 Å². The van der Waals surface area contributed by atoms with E-state index in [2.05, 4.69) is 14.8 Å². The summed E-state index contributed by atoms with van der Waals surface area (Å²) in [5.41, 5.74) is 0. The van der Waals surface area contributed by atoms with E-state index < -0.39 is 0 Å². The van der Waals surface area contributed by atoms with Gasteiger partial charge in [-0.3, -0.25) is 4.79 Å². The number of nitrogens with zero attached hydrogens (tertiary/aromatic N) is 4. The van der Waals surface area contributed by atoms with Crippen LogP contribution in [0.2, 0.25) is 0 Å². The van der Waals surface area contributed by atoms with Crippen LogP contribution in [-0.2, 0) is 4.79 Å². The summed E-state index contributed by atoms with van der Waals surface area (Å²) >= 11 is 1.45. The normalized spacial score (nSPS) is 18.6. The van der Waals surface area contributed by atoms with Crippen molar-refractivity contribution in [1.29, 1.82) is 0 Å². The van der Waals surface area contributed by atoms with Crippen LogP contribution >= 0.6 is 11.8 Å². The predicted molar refractivity (Wildman–Crippen MR) is 70.8 cm³/mol. The Kier molecular flexibility index (Phi) is 3.74. The number of thioether (sulfide) groups is 1. The summed E-state index contributed by atoms with van der Waals surface area (Å²) < 4.78 is 2.06. The van der Waals surface area contributed by atoms with E-state index in [0.717, 1.165) is 18.0 Å². The maximum absolute atomic E-state index is 12.1. The zero-order valence-electron chi connectivity index (χ0n) is 10.7. The minimum atomic E-state index is 0.0329. The predicted octanol–water partition coefficient (Wildman–Crippen LogP) is 0.688. The maximum Gasteiger partial charge on any atom is 0.233 e. The molecule has 1 N–H and O–H groups in total. The van der Waals surface area contributed by atoms with Gasteiger partial charge in [-0.05, 0) is 25.7 Å². The van der Waals surface area contributed by atoms with Gasteiger partial charge < -0.3 is 14.6 Å². The second kappa shape index (κ2) is 5.50. The van der Waals surface area contributed by atoms with Crippen molar-refractivity contribution in [2.75, 3.05) is 18.9 Å². The molecule has 104 valence electrons. The Hall–Kier alpha value is -1.08. The summed E-state index contributed by atoms with van der Waals surface area (Å²) in [6, 6.07) is 0.881. The Bertz CT molecular complexity index is 456. The number of hydrogen-bond acceptors (Lipinski definition) is 5. The van der Waals surface area contributed by atoms with Crippen molar-refractivity contribution in [3.8, 4) is 0 Å². The van der Waals surface area contributed by atoms with Crippen LogP contribution in [0, 0.1) is 0 Å². The first-order valence-electron chi connectivity index (χ1n) is 6.72. The molecule has 2 fully saturated rings. The number of aromatic nitrogens is 3. The average molecular weight is 282 g/mol. The van der Waals surface area contributed by atoms with E-state index in [0.29, 0.717) is 24.4 Å². The van der Waals surface area contributed by atoms with Crippen LogP contribution in [0.25, 0.3) is 0 Å². The molecular weight excluding hydrogens is 264 g/mol. The fourth-order valence-electron chi connectivity index (χ4n) is 2.15. The van der Waals surface area contributed by atoms with Crippen LogP contribution in [0.1, 0.15) is 31.7 Å². The first-order valence-corrected chi connectivity index (χ1v) is 7.71. The van der Waals surface area contributed by atoms with Gasteiger partial charge in [0.05, 0.1) is 12.4 Å². The smallest absolute Gasteiger partial charge is 0.233 e. The number of carbonyl (C=O) groups is 1. The van der Waals surface area contributed by atoms with Gasteiger partial charge >= 0.3 is 0 Å². The molecule has 0 aromatic carbocycles. The molecule has 0 spiro atoms. The molecule has 0 atom stereocenters. The lowest BCUT2D eigenvalue weighted by Gasteiger charge is -2.20. The Labute approximate surface area is 116 Å². The molecule has 1 aromatic heterocycles. The summed E-state index contributed by atoms with van der Waals surface area (Å²) in [6.07, 6.45) is 6.23. The molecule has 1 aromatic rings. The molecule has 2 aliphatic rings. The van der Waals surface area contributed by atoms with E-state index in [9.17, 15) is 4.79 Å². The van der Waals surface area contributed by atoms with Crippen molar-refractivity contribution in [3.05, 3.63) is 6.33 Å². The van der Waals surface area contributed by atoms with Crippen molar-refractivity contribution in [1.82, 2.24) is 19.7 Å². The van der Waals surface area contributed by atoms with Gasteiger partial charge in [0, 0.05) is 18.6 Å². The van der Waals surface area contributed by atoms with Gasteiger partial charge in [0.2, 0.25) is 5.91 Å². The van der Waals surface area contributed by atoms with Crippen molar-refractivity contribution in [2.24, 2.45) is 0 Å². The standard InChI is InChI=1S/C12H18N4O2S/c17-6-5-15(9-1-2-9)11(18)7-19-12-14-13-8-16(12)10-3-4-10/h8-10,17H,1-7H2. The largest absolute Gasteiger partial charge is 0.395 e. The van der Waals surface area contributed by atoms with Crippen molar-refractivity contribution in [3.63, 3.8) is 0 Å². The van der Waals surface area contributed by atoms with Crippen LogP contribution in [0.5, 0.6) is 0 Å². The Morgan fingerprint density at radius 2 is 2.26 bits per heavy atom. The number of aliphatic hydroxyl groups excluding tert-OH is 1. The van der Waals surface area contributed by atoms with E-state index in [4.69, 9.17) is 5.11 Å². The monoisotopic (exact) mass is 282 g/mol. The number of carbonyl (C=O) groups excluding carboxylic acids is 1. The summed E-state index contributed by atoms with van der Waals surface area (Å²) in [5, 5.41) is 17.8. The molecule has 0 unspecified atom stereocenters. The molecule has 2 saturated carbocycles. The van der Waals surface area contributed by atoms with Gasteiger partial charge in [-0.25, -0.2) is 0 Å². The Morgan fingerprint density at radius 3 is 2.89 bits per heavy atom. The minimum absolute atomic E-state index is 0.0329. The van der Waals surface area contributed by atoms with E-state index in [-0.39, 0.29) is 12.5 Å². The summed E-state index contributed by atoms with van der Waals surface area (Å²) in [6.45, 7) is 0.477. The summed E-state index contributed by atoms with van der Waals surface area (Å²) in [4.78, 5) is 13.9. The zero-order chi connectivity index (χ0) is 13.2. The zero-order valence-corrected chi connectivity index (χ0v) is 11.6. The second-order valence-electron chi connectivity index (χ2n) is 5.08. The van der Waals surface area contributed by atoms with Crippen molar-refractivity contribution < 1.29 is 9.90 Å². The molecule has 19 heavy (non-hydrogen) atoms. The molecule has 1 amide bonds. The Balaban J connectivity index is 1.55. The number of aliphatic hydroxyl groups is 1. The number of hydrogen-bond donors (Lipinski definition) is 1. The van der Waals surface area contributed by atoms with Crippen molar-refractivity contribution in [2.45, 2.75) is 42.9 Å². The Morgan fingerprint density at radius 1 is 1.47 bits per heavy atom. The third-order valence-electron chi connectivity index (χ3n) is 3.45. The highest BCUT2D eigenvalue weighted by Gasteiger charge is 2.32. The highest BCUT2D eigenvalue weighted by molar-refractivity contribution is 7.99. The average Bonchev–Trinajstić information content (AvgIpc) is 3.32. The topological polar surface area (TPSA) is 71.2 Å². The molecular formula is C12H18N4O2S. The van der Waals surface area contributed by atoms with Gasteiger partial charge in [-0.1, -0.05) is 11.8 Å². The molecule has 2 aliphatic carbocycles. The highest BCUT2D eigenvalue weighted by atomic mass is 32.2. The van der Waals surface area contributed by atoms with Gasteiger partial charge in [-0.15, -0.1) is 10.2 Å². The SMILES string of the molecule is O=C(CSc1nncn1C1CC1)N(CCO)C1CC1. The first kappa shape index (κ1) is 12.9. The van der Waals surface area contributed by atoms with Gasteiger partial charge in [0.15, 0.2) is 5.16 Å². The lowest BCUT2D eigenvalue weighted by molar-refractivity contribution is -0.129. The minimum Gasteiger partial charge on any atom is -0.395 e. The third kappa shape index (κ3) is 3.09. The molecule has 7 heteroatoms. The lowest BCUT2D eigenvalue weighted by Crippen LogP contribution is -2.36. The fourth-order valence-corrected chi connectivity index (χ4v) is 3.02. The fraction of sp³-hybridized carbons (Fsp3) is 0.750. The van der Waals surface area contributed by atoms with E-state index in [1.165, 1.54) is 24.6 Å². The van der Waals surface area contributed by atoms with Crippen LogP contribution in [-0.4, -0.2) is 55.6 Å². The molecule has 0 aliphatic heterocycles. The quantitative estimate of drug-likeness (QED) is 0.745. The third-order valence-corrected chi connectivity index (χ3v) is 4.40. The van der Waals surface area contributed by atoms with E-state index >= 15 is 0 Å². The highest BCUT2D eigenvalue weighted by Crippen LogP contribution is 2.37. The molecule has 3 rings (SSSR count). The molecule has 0 saturated heterocycles. The lowest BCUT2D eigenvalue weighted by atomic mass is 10.4. The summed E-state index contributed by atoms with van der Waals surface area (Å²) in [5.74, 6) is 0.467. The summed E-state index contributed by atoms with van der Waals surface area (Å²) in [7, 11) is 0. The van der Waals surface area contributed by atoms with Crippen molar-refractivity contribution >= 4 is 17.7 Å². The number of rotatable bonds is 7. The van der Waals surface area contributed by atoms with Crippen LogP contribution in [0.15, 0.2) is 11.5 Å². The molecule has 0 bridgehead atoms. The second-order valence-corrected chi connectivity index (χ2v) is 6.03.